The minimum Gasteiger partial charge on any atom is -0.480 e. The Morgan fingerprint density at radius 2 is 2.00 bits per heavy atom. The van der Waals surface area contributed by atoms with Crippen LogP contribution in [0.1, 0.15) is 32.7 Å². The van der Waals surface area contributed by atoms with Crippen molar-refractivity contribution >= 4 is 27.1 Å². The van der Waals surface area contributed by atoms with Gasteiger partial charge in [0.05, 0.1) is 0 Å². The second-order valence-corrected chi connectivity index (χ2v) is 4.54. The van der Waals surface area contributed by atoms with Gasteiger partial charge >= 0.3 is 0 Å². The highest BCUT2D eigenvalue weighted by Gasteiger charge is 2.17. The fourth-order valence-electron chi connectivity index (χ4n) is 1.93. The molecule has 0 aliphatic carbocycles. The predicted octanol–water partition coefficient (Wildman–Crippen LogP) is 3.26. The SMILES string of the molecule is CCC(CC)n1c(O)nc2ccc(Br)nc21. The first-order valence-electron chi connectivity index (χ1n) is 5.40. The smallest absolute Gasteiger partial charge is 0.296 e. The molecule has 0 aliphatic heterocycles. The van der Waals surface area contributed by atoms with Gasteiger partial charge in [0.25, 0.3) is 6.01 Å². The number of pyridine rings is 1. The summed E-state index contributed by atoms with van der Waals surface area (Å²) in [4.78, 5) is 8.48. The molecule has 0 saturated heterocycles. The quantitative estimate of drug-likeness (QED) is 0.880. The summed E-state index contributed by atoms with van der Waals surface area (Å²) in [5.74, 6) is 0. The summed E-state index contributed by atoms with van der Waals surface area (Å²) < 4.78 is 2.56. The van der Waals surface area contributed by atoms with Crippen molar-refractivity contribution < 1.29 is 5.11 Å². The number of aromatic hydroxyl groups is 1. The Morgan fingerprint density at radius 1 is 1.31 bits per heavy atom. The number of hydrogen-bond acceptors (Lipinski definition) is 3. The molecule has 2 aromatic rings. The summed E-state index contributed by atoms with van der Waals surface area (Å²) in [6.45, 7) is 4.19. The van der Waals surface area contributed by atoms with Crippen LogP contribution in [0.3, 0.4) is 0 Å². The van der Waals surface area contributed by atoms with Gasteiger partial charge in [-0.1, -0.05) is 13.8 Å². The van der Waals surface area contributed by atoms with Crippen molar-refractivity contribution in [1.82, 2.24) is 14.5 Å². The average Bonchev–Trinajstić information content (AvgIpc) is 2.58. The molecule has 0 spiro atoms. The standard InChI is InChI=1S/C11H14BrN3O/c1-3-7(4-2)15-10-8(13-11(15)16)5-6-9(12)14-10/h5-7H,3-4H2,1-2H3,(H,13,16). The maximum absolute atomic E-state index is 9.85. The predicted molar refractivity (Wildman–Crippen MR) is 66.5 cm³/mol. The van der Waals surface area contributed by atoms with Gasteiger partial charge in [0.2, 0.25) is 0 Å². The lowest BCUT2D eigenvalue weighted by molar-refractivity contribution is 0.360. The van der Waals surface area contributed by atoms with Crippen molar-refractivity contribution in [3.8, 4) is 6.01 Å². The molecule has 16 heavy (non-hydrogen) atoms. The fourth-order valence-corrected chi connectivity index (χ4v) is 2.23. The first-order chi connectivity index (χ1) is 7.67. The second-order valence-electron chi connectivity index (χ2n) is 3.73. The molecule has 4 nitrogen and oxygen atoms in total. The minimum atomic E-state index is 0.0503. The van der Waals surface area contributed by atoms with Gasteiger partial charge < -0.3 is 5.11 Å². The van der Waals surface area contributed by atoms with Crippen LogP contribution in [0.15, 0.2) is 16.7 Å². The fraction of sp³-hybridized carbons (Fsp3) is 0.455. The first kappa shape index (κ1) is 11.4. The van der Waals surface area contributed by atoms with Crippen LogP contribution in [0.2, 0.25) is 0 Å². The Morgan fingerprint density at radius 3 is 2.62 bits per heavy atom. The molecule has 2 aromatic heterocycles. The van der Waals surface area contributed by atoms with E-state index in [2.05, 4.69) is 39.7 Å². The minimum absolute atomic E-state index is 0.0503. The molecule has 0 aliphatic rings. The van der Waals surface area contributed by atoms with E-state index in [0.717, 1.165) is 28.6 Å². The zero-order valence-electron chi connectivity index (χ0n) is 9.31. The molecule has 1 N–H and O–H groups in total. The van der Waals surface area contributed by atoms with Crippen LogP contribution in [-0.2, 0) is 0 Å². The van der Waals surface area contributed by atoms with E-state index in [1.807, 2.05) is 12.1 Å². The monoisotopic (exact) mass is 283 g/mol. The Kier molecular flexibility index (Phi) is 3.14. The van der Waals surface area contributed by atoms with E-state index in [1.165, 1.54) is 0 Å². The first-order valence-corrected chi connectivity index (χ1v) is 6.20. The number of fused-ring (bicyclic) bond motifs is 1. The molecule has 0 amide bonds. The largest absolute Gasteiger partial charge is 0.480 e. The average molecular weight is 284 g/mol. The van der Waals surface area contributed by atoms with Crippen molar-refractivity contribution in [1.29, 1.82) is 0 Å². The molecule has 2 rings (SSSR count). The van der Waals surface area contributed by atoms with Crippen molar-refractivity contribution in [2.45, 2.75) is 32.7 Å². The highest BCUT2D eigenvalue weighted by molar-refractivity contribution is 9.10. The highest BCUT2D eigenvalue weighted by Crippen LogP contribution is 2.28. The number of halogens is 1. The van der Waals surface area contributed by atoms with E-state index < -0.39 is 0 Å². The molecular formula is C11H14BrN3O. The topological polar surface area (TPSA) is 50.9 Å². The van der Waals surface area contributed by atoms with Gasteiger partial charge in [0.15, 0.2) is 5.65 Å². The Balaban J connectivity index is 2.66. The number of nitrogens with zero attached hydrogens (tertiary/aromatic N) is 3. The summed E-state index contributed by atoms with van der Waals surface area (Å²) in [5.41, 5.74) is 1.47. The lowest BCUT2D eigenvalue weighted by atomic mass is 10.2. The lowest BCUT2D eigenvalue weighted by Crippen LogP contribution is -2.07. The van der Waals surface area contributed by atoms with E-state index in [-0.39, 0.29) is 12.1 Å². The van der Waals surface area contributed by atoms with Crippen LogP contribution in [-0.4, -0.2) is 19.6 Å². The Bertz CT molecular complexity index is 505. The number of aromatic nitrogens is 3. The molecule has 0 bridgehead atoms. The molecule has 0 atom stereocenters. The van der Waals surface area contributed by atoms with Gasteiger partial charge in [-0.15, -0.1) is 0 Å². The number of rotatable bonds is 3. The molecule has 0 saturated carbocycles. The molecular weight excluding hydrogens is 270 g/mol. The Labute approximate surface area is 102 Å². The number of hydrogen-bond donors (Lipinski definition) is 1. The lowest BCUT2D eigenvalue weighted by Gasteiger charge is -2.15. The molecule has 86 valence electrons. The number of imidazole rings is 1. The van der Waals surface area contributed by atoms with Crippen molar-refractivity contribution in [3.63, 3.8) is 0 Å². The van der Waals surface area contributed by atoms with E-state index >= 15 is 0 Å². The third kappa shape index (κ3) is 1.80. The highest BCUT2D eigenvalue weighted by atomic mass is 79.9. The zero-order chi connectivity index (χ0) is 11.7. The van der Waals surface area contributed by atoms with E-state index in [4.69, 9.17) is 0 Å². The summed E-state index contributed by atoms with van der Waals surface area (Å²) in [5, 5.41) is 9.85. The summed E-state index contributed by atoms with van der Waals surface area (Å²) >= 11 is 3.33. The maximum Gasteiger partial charge on any atom is 0.296 e. The maximum atomic E-state index is 9.85. The van der Waals surface area contributed by atoms with Crippen LogP contribution in [0.5, 0.6) is 6.01 Å². The molecule has 5 heteroatoms. The third-order valence-electron chi connectivity index (χ3n) is 2.79. The summed E-state index contributed by atoms with van der Waals surface area (Å²) in [6.07, 6.45) is 1.90. The van der Waals surface area contributed by atoms with Gasteiger partial charge in [-0.2, -0.15) is 4.98 Å². The van der Waals surface area contributed by atoms with E-state index in [0.29, 0.717) is 0 Å². The van der Waals surface area contributed by atoms with Gasteiger partial charge in [-0.25, -0.2) is 4.98 Å². The van der Waals surface area contributed by atoms with Gasteiger partial charge in [0, 0.05) is 6.04 Å². The normalized spacial score (nSPS) is 11.5. The van der Waals surface area contributed by atoms with Crippen LogP contribution < -0.4 is 0 Å². The van der Waals surface area contributed by atoms with Gasteiger partial charge in [0.1, 0.15) is 10.1 Å². The van der Waals surface area contributed by atoms with Crippen molar-refractivity contribution in [2.24, 2.45) is 0 Å². The second kappa shape index (κ2) is 4.41. The molecule has 0 fully saturated rings. The molecule has 0 radical (unpaired) electrons. The molecule has 2 heterocycles. The van der Waals surface area contributed by atoms with E-state index in [1.54, 1.807) is 4.57 Å². The summed E-state index contributed by atoms with van der Waals surface area (Å²) in [7, 11) is 0. The van der Waals surface area contributed by atoms with Crippen LogP contribution >= 0.6 is 15.9 Å². The Hall–Kier alpha value is -1.10. The zero-order valence-corrected chi connectivity index (χ0v) is 10.9. The van der Waals surface area contributed by atoms with Crippen LogP contribution in [0.25, 0.3) is 11.2 Å². The third-order valence-corrected chi connectivity index (χ3v) is 3.23. The van der Waals surface area contributed by atoms with Crippen molar-refractivity contribution in [3.05, 3.63) is 16.7 Å². The molecule has 0 unspecified atom stereocenters. The van der Waals surface area contributed by atoms with Gasteiger partial charge in [-0.3, -0.25) is 4.57 Å². The molecule has 0 aromatic carbocycles. The van der Waals surface area contributed by atoms with Gasteiger partial charge in [-0.05, 0) is 40.9 Å². The van der Waals surface area contributed by atoms with E-state index in [9.17, 15) is 5.11 Å². The van der Waals surface area contributed by atoms with Crippen LogP contribution in [0.4, 0.5) is 0 Å². The van der Waals surface area contributed by atoms with Crippen LogP contribution in [0, 0.1) is 0 Å². The van der Waals surface area contributed by atoms with Crippen molar-refractivity contribution in [2.75, 3.05) is 0 Å². The summed E-state index contributed by atoms with van der Waals surface area (Å²) in [6, 6.07) is 3.97.